The first-order valence-electron chi connectivity index (χ1n) is 12.5. The van der Waals surface area contributed by atoms with Gasteiger partial charge in [-0.05, 0) is 60.0 Å². The van der Waals surface area contributed by atoms with Gasteiger partial charge in [0.05, 0.1) is 23.9 Å². The Hall–Kier alpha value is -4.51. The molecule has 4 N–H and O–H groups in total. The van der Waals surface area contributed by atoms with E-state index in [1.165, 1.54) is 12.4 Å². The number of fused-ring (bicyclic) bond motifs is 1. The van der Waals surface area contributed by atoms with Crippen LogP contribution >= 0.6 is 11.8 Å². The van der Waals surface area contributed by atoms with Crippen molar-refractivity contribution in [3.8, 4) is 5.75 Å². The van der Waals surface area contributed by atoms with Gasteiger partial charge in [0.2, 0.25) is 0 Å². The fourth-order valence-corrected chi connectivity index (χ4v) is 5.11. The number of carbonyl (C=O) groups is 1. The highest BCUT2D eigenvalue weighted by atomic mass is 32.2. The molecule has 0 bridgehead atoms. The molecular weight excluding hydrogens is 534 g/mol. The van der Waals surface area contributed by atoms with Gasteiger partial charge in [-0.15, -0.1) is 11.8 Å². The van der Waals surface area contributed by atoms with Crippen LogP contribution in [-0.4, -0.2) is 39.8 Å². The van der Waals surface area contributed by atoms with Crippen molar-refractivity contribution in [3.05, 3.63) is 101 Å². The number of carbonyl (C=O) groups excluding carboxylic acids is 1. The Morgan fingerprint density at radius 2 is 1.93 bits per heavy atom. The minimum Gasteiger partial charge on any atom is -0.492 e. The van der Waals surface area contributed by atoms with Crippen LogP contribution in [0.1, 0.15) is 28.4 Å². The number of thioether (sulfide) groups is 1. The van der Waals surface area contributed by atoms with Gasteiger partial charge >= 0.3 is 0 Å². The Bertz CT molecular complexity index is 1640. The van der Waals surface area contributed by atoms with Crippen LogP contribution in [0.15, 0.2) is 72.7 Å². The van der Waals surface area contributed by atoms with E-state index in [1.807, 2.05) is 37.3 Å². The number of nitrogens with zero attached hydrogens (tertiary/aromatic N) is 3. The van der Waals surface area contributed by atoms with E-state index in [0.717, 1.165) is 44.8 Å². The molecule has 8 nitrogen and oxygen atoms in total. The first-order valence-corrected chi connectivity index (χ1v) is 13.5. The highest BCUT2D eigenvalue weighted by molar-refractivity contribution is 8.08. The Morgan fingerprint density at radius 1 is 1.05 bits per heavy atom. The Kier molecular flexibility index (Phi) is 8.20. The molecule has 0 fully saturated rings. The second-order valence-corrected chi connectivity index (χ2v) is 9.94. The fraction of sp³-hybridized carbons (Fsp3) is 0.172. The number of benzene rings is 2. The maximum Gasteiger partial charge on any atom is 0.255 e. The third-order valence-electron chi connectivity index (χ3n) is 6.17. The molecule has 0 unspecified atom stereocenters. The summed E-state index contributed by atoms with van der Waals surface area (Å²) in [6.45, 7) is 2.75. The maximum atomic E-state index is 13.6. The van der Waals surface area contributed by atoms with Crippen LogP contribution in [-0.2, 0) is 6.54 Å². The average Bonchev–Trinajstić information content (AvgIpc) is 2.97. The van der Waals surface area contributed by atoms with E-state index in [0.29, 0.717) is 36.1 Å². The summed E-state index contributed by atoms with van der Waals surface area (Å²) in [5.41, 5.74) is 9.69. The van der Waals surface area contributed by atoms with Crippen LogP contribution in [0.5, 0.6) is 5.75 Å². The van der Waals surface area contributed by atoms with Gasteiger partial charge in [0.25, 0.3) is 5.91 Å². The van der Waals surface area contributed by atoms with Crippen molar-refractivity contribution in [3.63, 3.8) is 0 Å². The molecule has 3 heterocycles. The van der Waals surface area contributed by atoms with Gasteiger partial charge in [-0.2, -0.15) is 0 Å². The van der Waals surface area contributed by atoms with Gasteiger partial charge in [0.15, 0.2) is 11.6 Å². The van der Waals surface area contributed by atoms with E-state index in [9.17, 15) is 13.6 Å². The number of amides is 1. The zero-order valence-corrected chi connectivity index (χ0v) is 22.4. The predicted molar refractivity (Wildman–Crippen MR) is 154 cm³/mol. The maximum absolute atomic E-state index is 13.6. The van der Waals surface area contributed by atoms with E-state index in [-0.39, 0.29) is 12.1 Å². The van der Waals surface area contributed by atoms with Crippen molar-refractivity contribution in [1.82, 2.24) is 20.3 Å². The quantitative estimate of drug-likeness (QED) is 0.251. The molecule has 0 saturated heterocycles. The molecule has 1 aliphatic heterocycles. The zero-order chi connectivity index (χ0) is 28.1. The van der Waals surface area contributed by atoms with Crippen molar-refractivity contribution in [2.75, 3.05) is 30.0 Å². The molecule has 0 atom stereocenters. The van der Waals surface area contributed by atoms with Gasteiger partial charge in [-0.1, -0.05) is 18.2 Å². The molecule has 0 radical (unpaired) electrons. The number of pyridine rings is 1. The number of ether oxygens (including phenoxy) is 1. The fourth-order valence-electron chi connectivity index (χ4n) is 4.11. The standard InChI is InChI=1S/C29H26F2N6O2S/c1-2-39-20-11-22(29(38)35-12-17-3-6-23(30)24(31)9-17)28(34-14-20)33-13-18-4-8-26(40-15-18)19-5-7-25-21(10-19)27(32)37-16-36-25/h3-11,14,16H,2,12-13,15H2,1H3,(H,33,34)(H,35,38)(H2,32,36,37). The SMILES string of the molecule is CCOc1cnc(NCC2=CC=C(c3ccc4ncnc(N)c4c3)SC2)c(C(=O)NCc2ccc(F)c(F)c2)c1. The van der Waals surface area contributed by atoms with Gasteiger partial charge in [0.1, 0.15) is 23.7 Å². The van der Waals surface area contributed by atoms with Crippen molar-refractivity contribution >= 4 is 45.1 Å². The van der Waals surface area contributed by atoms with Crippen LogP contribution in [0.3, 0.4) is 0 Å². The smallest absolute Gasteiger partial charge is 0.255 e. The van der Waals surface area contributed by atoms with E-state index in [2.05, 4.69) is 25.6 Å². The third kappa shape index (κ3) is 6.20. The Balaban J connectivity index is 1.29. The molecule has 2 aromatic carbocycles. The number of hydrogen-bond acceptors (Lipinski definition) is 8. The van der Waals surface area contributed by atoms with Crippen LogP contribution in [0.25, 0.3) is 15.8 Å². The van der Waals surface area contributed by atoms with Crippen molar-refractivity contribution < 1.29 is 18.3 Å². The molecule has 11 heteroatoms. The first-order chi connectivity index (χ1) is 19.4. The van der Waals surface area contributed by atoms with Gasteiger partial charge in [0, 0.05) is 29.1 Å². The molecule has 0 spiro atoms. The molecule has 1 amide bonds. The lowest BCUT2D eigenvalue weighted by atomic mass is 10.1. The van der Waals surface area contributed by atoms with Gasteiger partial charge < -0.3 is 21.1 Å². The topological polar surface area (TPSA) is 115 Å². The summed E-state index contributed by atoms with van der Waals surface area (Å²) in [5.74, 6) is -0.306. The second-order valence-electron chi connectivity index (χ2n) is 8.92. The second kappa shape index (κ2) is 12.1. The van der Waals surface area contributed by atoms with E-state index in [1.54, 1.807) is 24.0 Å². The zero-order valence-electron chi connectivity index (χ0n) is 21.6. The van der Waals surface area contributed by atoms with Crippen LogP contribution in [0, 0.1) is 11.6 Å². The summed E-state index contributed by atoms with van der Waals surface area (Å²) in [7, 11) is 0. The summed E-state index contributed by atoms with van der Waals surface area (Å²) in [6.07, 6.45) is 7.10. The van der Waals surface area contributed by atoms with Crippen LogP contribution in [0.2, 0.25) is 0 Å². The monoisotopic (exact) mass is 560 g/mol. The number of nitrogens with two attached hydrogens (primary N) is 1. The molecule has 0 aliphatic carbocycles. The number of nitrogens with one attached hydrogen (secondary N) is 2. The summed E-state index contributed by atoms with van der Waals surface area (Å²) in [6, 6.07) is 11.1. The summed E-state index contributed by atoms with van der Waals surface area (Å²) < 4.78 is 32.3. The predicted octanol–water partition coefficient (Wildman–Crippen LogP) is 5.34. The van der Waals surface area contributed by atoms with E-state index < -0.39 is 17.5 Å². The molecule has 2 aromatic heterocycles. The summed E-state index contributed by atoms with van der Waals surface area (Å²) >= 11 is 1.70. The highest BCUT2D eigenvalue weighted by Crippen LogP contribution is 2.34. The highest BCUT2D eigenvalue weighted by Gasteiger charge is 2.17. The average molecular weight is 561 g/mol. The lowest BCUT2D eigenvalue weighted by Gasteiger charge is -2.17. The van der Waals surface area contributed by atoms with Gasteiger partial charge in [-0.3, -0.25) is 4.79 Å². The molecule has 5 rings (SSSR count). The largest absolute Gasteiger partial charge is 0.492 e. The minimum atomic E-state index is -0.969. The number of halogens is 2. The lowest BCUT2D eigenvalue weighted by Crippen LogP contribution is -2.25. The van der Waals surface area contributed by atoms with Crippen molar-refractivity contribution in [2.45, 2.75) is 13.5 Å². The Labute approximate surface area is 233 Å². The normalized spacial score (nSPS) is 13.0. The van der Waals surface area contributed by atoms with Crippen LogP contribution in [0.4, 0.5) is 20.4 Å². The summed E-state index contributed by atoms with van der Waals surface area (Å²) in [4.78, 5) is 26.9. The number of rotatable bonds is 9. The van der Waals surface area contributed by atoms with Crippen molar-refractivity contribution in [2.24, 2.45) is 0 Å². The minimum absolute atomic E-state index is 0.0241. The van der Waals surface area contributed by atoms with Crippen LogP contribution < -0.4 is 21.1 Å². The molecule has 204 valence electrons. The number of allylic oxidation sites excluding steroid dienone is 2. The Morgan fingerprint density at radius 3 is 2.70 bits per heavy atom. The van der Waals surface area contributed by atoms with Crippen molar-refractivity contribution in [1.29, 1.82) is 0 Å². The number of nitrogen functional groups attached to an aromatic ring is 1. The molecular formula is C29H26F2N6O2S. The van der Waals surface area contributed by atoms with Gasteiger partial charge in [-0.25, -0.2) is 23.7 Å². The molecule has 4 aromatic rings. The molecule has 1 aliphatic rings. The summed E-state index contributed by atoms with van der Waals surface area (Å²) in [5, 5.41) is 6.81. The molecule has 0 saturated carbocycles. The molecule has 40 heavy (non-hydrogen) atoms. The number of hydrogen-bond donors (Lipinski definition) is 3. The third-order valence-corrected chi connectivity index (χ3v) is 7.37. The van der Waals surface area contributed by atoms with E-state index in [4.69, 9.17) is 10.5 Å². The number of anilines is 2. The lowest BCUT2D eigenvalue weighted by molar-refractivity contribution is 0.0951. The first kappa shape index (κ1) is 27.1. The number of aromatic nitrogens is 3. The van der Waals surface area contributed by atoms with E-state index >= 15 is 0 Å².